The molecule has 0 saturated heterocycles. The van der Waals surface area contributed by atoms with Crippen LogP contribution in [0.5, 0.6) is 0 Å². The minimum Gasteiger partial charge on any atom is -0.461 e. The van der Waals surface area contributed by atoms with E-state index in [4.69, 9.17) is 4.74 Å². The first-order valence-corrected chi connectivity index (χ1v) is 40.0. The zero-order chi connectivity index (χ0) is 82.4. The molecule has 0 spiro atoms. The number of fused-ring (bicyclic) bond motifs is 8. The normalized spacial score (nSPS) is 11.8. The van der Waals surface area contributed by atoms with Crippen molar-refractivity contribution in [3.63, 3.8) is 0 Å². The summed E-state index contributed by atoms with van der Waals surface area (Å²) in [5.41, 5.74) is 19.2. The van der Waals surface area contributed by atoms with Gasteiger partial charge in [-0.05, 0) is 202 Å². The number of nitrogens with zero attached hydrogens (tertiary/aromatic N) is 12. The zero-order valence-electron chi connectivity index (χ0n) is 67.4. The Morgan fingerprint density at radius 3 is 1.33 bits per heavy atom. The smallest absolute Gasteiger partial charge is 0.349 e. The standard InChI is InChI=1S/C24H24N4O3.C24H26N4O.C23H24N4O2.C22H22N4O2/c1-15-12-20-21(13-19(15)14-31-17(3)29)28(11-7-10-18-8-5-4-6-9-18)23-22(27-20)24(30)26-16(2)25-23;1-4-9-19-15-21-20(14-16(19)2)27-22-23(25-17(3)26-24(22)29)28(21)13-8-12-18-10-6-5-7-11-18;1-3-5-17-11-12-19-18(14-17)24-20-21(25-23(29)26-22(20)28)27(19)13-4-6-16-9-7-15(2)8-10-16;1-3-15-9-10-18-17(13-15)23-19-20(24-22(28)25-21(19)27)26(18)11-5-8-16-7-4-6-14(2)12-16/h4-6,8-9,12-13H,2,7,10-11,14H2,1,3H3,(H,26,30);5-7,10-11,14-15H,3-4,8-9,12-13H2,1-2H3,(H,26,29);7-12,14H,3-6,13H2,1-2H3,(H,26,28,29);4,6-7,9-10,12-13H,3,5,8,11H2,1-2H3,(H,25,27,28). The second kappa shape index (κ2) is 37.2. The molecule has 0 fully saturated rings. The molecule has 24 heteroatoms. The van der Waals surface area contributed by atoms with Gasteiger partial charge < -0.3 is 33.6 Å². The highest BCUT2D eigenvalue weighted by atomic mass is 16.5. The molecule has 0 bridgehead atoms. The molecular weight excluding hydrogens is 1470 g/mol. The number of ether oxygens (including phenoxy) is 1. The van der Waals surface area contributed by atoms with E-state index < -0.39 is 22.5 Å². The van der Waals surface area contributed by atoms with Gasteiger partial charge in [0.2, 0.25) is 0 Å². The van der Waals surface area contributed by atoms with Crippen LogP contribution in [0.4, 0.5) is 34.4 Å². The van der Waals surface area contributed by atoms with Crippen LogP contribution in [0.3, 0.4) is 0 Å². The second-order valence-corrected chi connectivity index (χ2v) is 29.7. The molecule has 117 heavy (non-hydrogen) atoms. The van der Waals surface area contributed by atoms with Gasteiger partial charge in [-0.2, -0.15) is 9.97 Å². The van der Waals surface area contributed by atoms with Crippen molar-refractivity contribution < 1.29 is 9.53 Å². The molecule has 596 valence electrons. The fourth-order valence-corrected chi connectivity index (χ4v) is 14.9. The summed E-state index contributed by atoms with van der Waals surface area (Å²) in [5, 5.41) is 0.652. The highest BCUT2D eigenvalue weighted by Crippen LogP contribution is 2.39. The lowest BCUT2D eigenvalue weighted by atomic mass is 10.0. The fraction of sp³-hybridized carbons (Fsp3) is 0.280. The van der Waals surface area contributed by atoms with Crippen LogP contribution in [0.15, 0.2) is 209 Å². The largest absolute Gasteiger partial charge is 0.461 e. The van der Waals surface area contributed by atoms with E-state index in [2.05, 4.69) is 229 Å². The molecule has 8 heterocycles. The van der Waals surface area contributed by atoms with E-state index in [9.17, 15) is 33.6 Å². The molecular formula is C93H96N16O8. The molecule has 6 aliphatic rings. The highest BCUT2D eigenvalue weighted by Gasteiger charge is 2.27. The van der Waals surface area contributed by atoms with Gasteiger partial charge in [-0.25, -0.2) is 39.5 Å². The predicted molar refractivity (Wildman–Crippen MR) is 461 cm³/mol. The molecule has 0 radical (unpaired) electrons. The number of aromatic nitrogens is 12. The Labute approximate surface area is 675 Å². The molecule has 24 nitrogen and oxygen atoms in total. The molecule has 2 aromatic heterocycles. The molecule has 0 amide bonds. The van der Waals surface area contributed by atoms with Gasteiger partial charge in [0.05, 0.1) is 44.8 Å². The minimum absolute atomic E-state index is 0.183. The van der Waals surface area contributed by atoms with E-state index in [1.807, 2.05) is 81.6 Å². The SMILES string of the molecule is C=c1nc2c(c(=O)[nH]1)=Nc1cc(C)c(CCC)cc1N2CCCc1ccccc1.C=c1nc2c(c(=O)[nH]1)=Nc1cc(C)c(COC(C)=O)cc1N2CCCc1ccccc1.CCCc1ccc2c(c1)nc1c(=O)[nH]c(=O)nc-1n2CCCc1ccc(C)cc1.CCc1ccc2c(c1)nc1c(=O)[nH]c(=O)nc-1n2CCCc1cccc(C)c1. The Balaban J connectivity index is 0.000000136. The van der Waals surface area contributed by atoms with Crippen LogP contribution in [0.2, 0.25) is 0 Å². The average molecular weight is 1570 g/mol. The van der Waals surface area contributed by atoms with Crippen LogP contribution in [0.1, 0.15) is 133 Å². The Hall–Kier alpha value is -13.5. The van der Waals surface area contributed by atoms with E-state index in [-0.39, 0.29) is 40.4 Å². The first kappa shape index (κ1) is 81.5. The summed E-state index contributed by atoms with van der Waals surface area (Å²) in [6.45, 7) is 26.5. The average Bonchev–Trinajstić information content (AvgIpc) is 0.773. The Kier molecular flexibility index (Phi) is 25.9. The van der Waals surface area contributed by atoms with Gasteiger partial charge >= 0.3 is 17.3 Å². The number of aromatic amines is 4. The lowest BCUT2D eigenvalue weighted by Gasteiger charge is -2.29. The number of nitrogens with one attached hydrogen (secondary N) is 4. The van der Waals surface area contributed by atoms with Gasteiger partial charge in [-0.3, -0.25) is 33.9 Å². The number of carbonyl (C=O) groups excluding carboxylic acids is 1. The lowest BCUT2D eigenvalue weighted by molar-refractivity contribution is -0.142. The van der Waals surface area contributed by atoms with Crippen molar-refractivity contribution in [2.45, 2.75) is 159 Å². The number of benzene rings is 8. The van der Waals surface area contributed by atoms with E-state index in [1.54, 1.807) is 0 Å². The molecule has 6 aliphatic heterocycles. The third kappa shape index (κ3) is 19.7. The van der Waals surface area contributed by atoms with Crippen molar-refractivity contribution in [2.24, 2.45) is 9.98 Å². The van der Waals surface area contributed by atoms with Crippen LogP contribution in [-0.2, 0) is 74.2 Å². The molecule has 0 unspecified atom stereocenters. The maximum absolute atomic E-state index is 12.6. The predicted octanol–water partition coefficient (Wildman–Crippen LogP) is 12.6. The third-order valence-electron chi connectivity index (χ3n) is 20.8. The quantitative estimate of drug-likeness (QED) is 0.0342. The summed E-state index contributed by atoms with van der Waals surface area (Å²) in [4.78, 5) is 134. The van der Waals surface area contributed by atoms with E-state index in [1.165, 1.54) is 57.0 Å². The lowest BCUT2D eigenvalue weighted by Crippen LogP contribution is -2.42. The number of rotatable bonds is 23. The Morgan fingerprint density at radius 2 is 0.846 bits per heavy atom. The van der Waals surface area contributed by atoms with Crippen molar-refractivity contribution in [3.8, 4) is 23.0 Å². The monoisotopic (exact) mass is 1560 g/mol. The molecule has 0 saturated carbocycles. The maximum atomic E-state index is 12.6. The highest BCUT2D eigenvalue weighted by molar-refractivity contribution is 5.82. The number of aryl methyl sites for hydroxylation is 13. The van der Waals surface area contributed by atoms with E-state index >= 15 is 0 Å². The molecule has 10 aromatic rings. The van der Waals surface area contributed by atoms with Crippen molar-refractivity contribution in [3.05, 3.63) is 321 Å². The number of H-pyrrole nitrogens is 4. The van der Waals surface area contributed by atoms with Crippen molar-refractivity contribution in [1.82, 2.24) is 59.0 Å². The Bertz CT molecular complexity index is 6560. The fourth-order valence-electron chi connectivity index (χ4n) is 14.9. The number of carbonyl (C=O) groups is 1. The van der Waals surface area contributed by atoms with Crippen LogP contribution >= 0.6 is 0 Å². The number of esters is 1. The van der Waals surface area contributed by atoms with Crippen molar-refractivity contribution in [2.75, 3.05) is 22.9 Å². The third-order valence-corrected chi connectivity index (χ3v) is 20.8. The number of anilines is 4. The Morgan fingerprint density at radius 1 is 0.410 bits per heavy atom. The van der Waals surface area contributed by atoms with Gasteiger partial charge in [-0.1, -0.05) is 179 Å². The summed E-state index contributed by atoms with van der Waals surface area (Å²) in [6, 6.07) is 58.0. The van der Waals surface area contributed by atoms with E-state index in [0.29, 0.717) is 64.9 Å². The summed E-state index contributed by atoms with van der Waals surface area (Å²) in [7, 11) is 0. The first-order valence-electron chi connectivity index (χ1n) is 40.0. The summed E-state index contributed by atoms with van der Waals surface area (Å²) in [5.74, 6) is 1.46. The summed E-state index contributed by atoms with van der Waals surface area (Å²) in [6.07, 6.45) is 12.2. The van der Waals surface area contributed by atoms with Crippen LogP contribution in [0.25, 0.3) is 58.3 Å². The molecule has 0 aliphatic carbocycles. The molecule has 8 aromatic carbocycles. The van der Waals surface area contributed by atoms with Gasteiger partial charge in [0, 0.05) is 33.1 Å². The topological polar surface area (TPSA) is 310 Å². The number of hydrogen-bond acceptors (Lipinski definition) is 18. The van der Waals surface area contributed by atoms with E-state index in [0.717, 1.165) is 146 Å². The van der Waals surface area contributed by atoms with Gasteiger partial charge in [0.15, 0.2) is 45.4 Å². The second-order valence-electron chi connectivity index (χ2n) is 29.7. The van der Waals surface area contributed by atoms with Gasteiger partial charge in [0.25, 0.3) is 22.2 Å². The summed E-state index contributed by atoms with van der Waals surface area (Å²) >= 11 is 0. The van der Waals surface area contributed by atoms with Crippen LogP contribution in [0, 0.1) is 27.7 Å². The number of hydrogen-bond donors (Lipinski definition) is 4. The molecule has 0 atom stereocenters. The summed E-state index contributed by atoms with van der Waals surface area (Å²) < 4.78 is 9.12. The van der Waals surface area contributed by atoms with Crippen molar-refractivity contribution >= 4 is 75.6 Å². The zero-order valence-corrected chi connectivity index (χ0v) is 67.4. The first-order chi connectivity index (χ1) is 56.6. The molecule has 16 rings (SSSR count). The minimum atomic E-state index is -0.642. The van der Waals surface area contributed by atoms with Crippen LogP contribution in [-0.4, -0.2) is 78.0 Å². The van der Waals surface area contributed by atoms with Gasteiger partial charge in [0.1, 0.15) is 17.6 Å². The van der Waals surface area contributed by atoms with Gasteiger partial charge in [-0.15, -0.1) is 0 Å². The van der Waals surface area contributed by atoms with Crippen molar-refractivity contribution in [1.29, 1.82) is 0 Å². The van der Waals surface area contributed by atoms with Crippen LogP contribution < -0.4 is 65.1 Å². The maximum Gasteiger partial charge on any atom is 0.349 e. The molecule has 4 N–H and O–H groups in total.